The second kappa shape index (κ2) is 5.86. The summed E-state index contributed by atoms with van der Waals surface area (Å²) in [5.41, 5.74) is 3.37. The van der Waals surface area contributed by atoms with Crippen LogP contribution < -0.4 is 5.32 Å². The predicted octanol–water partition coefficient (Wildman–Crippen LogP) is 4.19. The molecule has 2 N–H and O–H groups in total. The van der Waals surface area contributed by atoms with E-state index in [1.54, 1.807) is 0 Å². The van der Waals surface area contributed by atoms with Gasteiger partial charge < -0.3 is 10.4 Å². The molecule has 0 saturated heterocycles. The number of anilines is 1. The van der Waals surface area contributed by atoms with Gasteiger partial charge in [0.2, 0.25) is 0 Å². The monoisotopic (exact) mass is 287 g/mol. The number of nitrogens with one attached hydrogen (secondary N) is 1. The van der Waals surface area contributed by atoms with Crippen LogP contribution in [0.3, 0.4) is 0 Å². The molecule has 104 valence electrons. The lowest BCUT2D eigenvalue weighted by atomic mass is 9.76. The van der Waals surface area contributed by atoms with Gasteiger partial charge >= 0.3 is 0 Å². The van der Waals surface area contributed by atoms with E-state index in [9.17, 15) is 5.11 Å². The van der Waals surface area contributed by atoms with E-state index in [-0.39, 0.29) is 6.61 Å². The Balaban J connectivity index is 1.59. The van der Waals surface area contributed by atoms with Gasteiger partial charge in [-0.1, -0.05) is 41.9 Å². The van der Waals surface area contributed by atoms with Gasteiger partial charge in [-0.2, -0.15) is 0 Å². The SMILES string of the molecule is OCc1ccccc1NC1CC(c2ccc(Cl)cc2)C1. The molecule has 1 aliphatic rings. The van der Waals surface area contributed by atoms with Crippen LogP contribution in [0.4, 0.5) is 5.69 Å². The molecule has 0 radical (unpaired) electrons. The molecule has 3 heteroatoms. The molecule has 0 aromatic heterocycles. The zero-order valence-corrected chi connectivity index (χ0v) is 12.0. The van der Waals surface area contributed by atoms with Gasteiger partial charge in [-0.15, -0.1) is 0 Å². The van der Waals surface area contributed by atoms with Gasteiger partial charge in [-0.3, -0.25) is 0 Å². The number of benzene rings is 2. The molecule has 3 rings (SSSR count). The van der Waals surface area contributed by atoms with Gasteiger partial charge in [-0.25, -0.2) is 0 Å². The first-order valence-corrected chi connectivity index (χ1v) is 7.35. The molecule has 1 fully saturated rings. The minimum atomic E-state index is 0.0799. The number of aliphatic hydroxyl groups excluding tert-OH is 1. The molecular formula is C17H18ClNO. The lowest BCUT2D eigenvalue weighted by Crippen LogP contribution is -2.34. The number of halogens is 1. The van der Waals surface area contributed by atoms with Crippen molar-refractivity contribution in [2.75, 3.05) is 5.32 Å². The molecule has 0 aliphatic heterocycles. The highest BCUT2D eigenvalue weighted by Crippen LogP contribution is 2.39. The smallest absolute Gasteiger partial charge is 0.0701 e. The Morgan fingerprint density at radius 1 is 1.05 bits per heavy atom. The van der Waals surface area contributed by atoms with Crippen LogP contribution in [0.15, 0.2) is 48.5 Å². The summed E-state index contributed by atoms with van der Waals surface area (Å²) in [7, 11) is 0. The molecule has 1 aliphatic carbocycles. The van der Waals surface area contributed by atoms with Crippen LogP contribution in [-0.2, 0) is 6.61 Å². The van der Waals surface area contributed by atoms with Crippen molar-refractivity contribution in [2.45, 2.75) is 31.4 Å². The van der Waals surface area contributed by atoms with E-state index in [1.807, 2.05) is 36.4 Å². The number of hydrogen-bond donors (Lipinski definition) is 2. The fourth-order valence-corrected chi connectivity index (χ4v) is 2.89. The molecule has 0 amide bonds. The Bertz CT molecular complexity index is 576. The number of hydrogen-bond acceptors (Lipinski definition) is 2. The highest BCUT2D eigenvalue weighted by atomic mass is 35.5. The highest BCUT2D eigenvalue weighted by Gasteiger charge is 2.30. The number of aliphatic hydroxyl groups is 1. The van der Waals surface area contributed by atoms with Crippen molar-refractivity contribution in [3.05, 3.63) is 64.7 Å². The van der Waals surface area contributed by atoms with Crippen molar-refractivity contribution in [3.8, 4) is 0 Å². The topological polar surface area (TPSA) is 32.3 Å². The zero-order chi connectivity index (χ0) is 13.9. The Morgan fingerprint density at radius 3 is 2.45 bits per heavy atom. The summed E-state index contributed by atoms with van der Waals surface area (Å²) < 4.78 is 0. The molecule has 1 saturated carbocycles. The Morgan fingerprint density at radius 2 is 1.75 bits per heavy atom. The molecule has 2 nitrogen and oxygen atoms in total. The molecule has 0 bridgehead atoms. The molecule has 2 aromatic carbocycles. The van der Waals surface area contributed by atoms with Crippen molar-refractivity contribution in [2.24, 2.45) is 0 Å². The average molecular weight is 288 g/mol. The van der Waals surface area contributed by atoms with E-state index in [0.717, 1.165) is 29.1 Å². The van der Waals surface area contributed by atoms with Crippen LogP contribution in [-0.4, -0.2) is 11.1 Å². The summed E-state index contributed by atoms with van der Waals surface area (Å²) in [5, 5.41) is 13.6. The minimum absolute atomic E-state index is 0.0799. The summed E-state index contributed by atoms with van der Waals surface area (Å²) in [6.07, 6.45) is 2.25. The van der Waals surface area contributed by atoms with Crippen molar-refractivity contribution < 1.29 is 5.11 Å². The van der Waals surface area contributed by atoms with E-state index in [0.29, 0.717) is 12.0 Å². The third-order valence-electron chi connectivity index (χ3n) is 4.03. The molecule has 2 aromatic rings. The zero-order valence-electron chi connectivity index (χ0n) is 11.2. The summed E-state index contributed by atoms with van der Waals surface area (Å²) in [4.78, 5) is 0. The van der Waals surface area contributed by atoms with Crippen molar-refractivity contribution in [1.82, 2.24) is 0 Å². The lowest BCUT2D eigenvalue weighted by molar-refractivity contribution is 0.282. The Kier molecular flexibility index (Phi) is 3.95. The first kappa shape index (κ1) is 13.5. The number of para-hydroxylation sites is 1. The lowest BCUT2D eigenvalue weighted by Gasteiger charge is -2.37. The van der Waals surface area contributed by atoms with E-state index in [4.69, 9.17) is 11.6 Å². The van der Waals surface area contributed by atoms with Gasteiger partial charge in [0, 0.05) is 22.3 Å². The average Bonchev–Trinajstić information content (AvgIpc) is 2.44. The summed E-state index contributed by atoms with van der Waals surface area (Å²) in [5.74, 6) is 0.617. The van der Waals surface area contributed by atoms with Crippen LogP contribution in [0, 0.1) is 0 Å². The largest absolute Gasteiger partial charge is 0.392 e. The molecule has 0 unspecified atom stereocenters. The van der Waals surface area contributed by atoms with Crippen LogP contribution in [0.25, 0.3) is 0 Å². The van der Waals surface area contributed by atoms with Gasteiger partial charge in [-0.05, 0) is 42.5 Å². The highest BCUT2D eigenvalue weighted by molar-refractivity contribution is 6.30. The van der Waals surface area contributed by atoms with E-state index < -0.39 is 0 Å². The summed E-state index contributed by atoms with van der Waals surface area (Å²) >= 11 is 5.91. The maximum absolute atomic E-state index is 9.33. The van der Waals surface area contributed by atoms with E-state index in [2.05, 4.69) is 17.4 Å². The maximum atomic E-state index is 9.33. The van der Waals surface area contributed by atoms with Crippen LogP contribution in [0.1, 0.15) is 29.9 Å². The molecular weight excluding hydrogens is 270 g/mol. The fraction of sp³-hybridized carbons (Fsp3) is 0.294. The van der Waals surface area contributed by atoms with Gasteiger partial charge in [0.05, 0.1) is 6.61 Å². The normalized spacial score (nSPS) is 21.3. The van der Waals surface area contributed by atoms with E-state index in [1.165, 1.54) is 5.56 Å². The summed E-state index contributed by atoms with van der Waals surface area (Å²) in [6, 6.07) is 16.6. The molecule has 20 heavy (non-hydrogen) atoms. The van der Waals surface area contributed by atoms with Crippen LogP contribution in [0.2, 0.25) is 5.02 Å². The quantitative estimate of drug-likeness (QED) is 0.884. The van der Waals surface area contributed by atoms with Crippen molar-refractivity contribution >= 4 is 17.3 Å². The second-order valence-electron chi connectivity index (χ2n) is 5.38. The molecule has 0 heterocycles. The number of rotatable bonds is 4. The fourth-order valence-electron chi connectivity index (χ4n) is 2.76. The second-order valence-corrected chi connectivity index (χ2v) is 5.81. The Labute approximate surface area is 124 Å². The minimum Gasteiger partial charge on any atom is -0.392 e. The van der Waals surface area contributed by atoms with Crippen molar-refractivity contribution in [3.63, 3.8) is 0 Å². The maximum Gasteiger partial charge on any atom is 0.0701 e. The predicted molar refractivity (Wildman–Crippen MR) is 83.2 cm³/mol. The first-order chi connectivity index (χ1) is 9.76. The van der Waals surface area contributed by atoms with Crippen LogP contribution in [0.5, 0.6) is 0 Å². The van der Waals surface area contributed by atoms with Gasteiger partial charge in [0.1, 0.15) is 0 Å². The van der Waals surface area contributed by atoms with Gasteiger partial charge in [0.15, 0.2) is 0 Å². The third kappa shape index (κ3) is 2.82. The van der Waals surface area contributed by atoms with Gasteiger partial charge in [0.25, 0.3) is 0 Å². The van der Waals surface area contributed by atoms with Crippen molar-refractivity contribution in [1.29, 1.82) is 0 Å². The van der Waals surface area contributed by atoms with E-state index >= 15 is 0 Å². The first-order valence-electron chi connectivity index (χ1n) is 6.97. The van der Waals surface area contributed by atoms with Crippen LogP contribution >= 0.6 is 11.6 Å². The molecule has 0 spiro atoms. The summed E-state index contributed by atoms with van der Waals surface area (Å²) in [6.45, 7) is 0.0799. The third-order valence-corrected chi connectivity index (χ3v) is 4.28. The molecule has 0 atom stereocenters. The standard InChI is InChI=1S/C17H18ClNO/c18-15-7-5-12(6-8-15)14-9-16(10-14)19-17-4-2-1-3-13(17)11-20/h1-8,14,16,19-20H,9-11H2. The Hall–Kier alpha value is -1.51.